The smallest absolute Gasteiger partial charge is 0.250 e. The second-order valence-corrected chi connectivity index (χ2v) is 7.16. The molecule has 4 rings (SSSR count). The summed E-state index contributed by atoms with van der Waals surface area (Å²) >= 11 is 0. The first-order valence-electron chi connectivity index (χ1n) is 9.46. The maximum absolute atomic E-state index is 13.7. The van der Waals surface area contributed by atoms with Crippen LogP contribution in [0.3, 0.4) is 0 Å². The number of carbonyl (C=O) groups is 1. The molecule has 0 spiro atoms. The van der Waals surface area contributed by atoms with E-state index in [1.807, 2.05) is 11.0 Å². The van der Waals surface area contributed by atoms with Gasteiger partial charge in [0, 0.05) is 26.2 Å². The van der Waals surface area contributed by atoms with E-state index in [9.17, 15) is 14.3 Å². The number of nitrogens with two attached hydrogens (primary N) is 1. The quantitative estimate of drug-likeness (QED) is 0.758. The van der Waals surface area contributed by atoms with Crippen LogP contribution in [-0.2, 0) is 9.47 Å². The van der Waals surface area contributed by atoms with Crippen molar-refractivity contribution in [3.63, 3.8) is 0 Å². The van der Waals surface area contributed by atoms with Crippen molar-refractivity contribution in [2.45, 2.75) is 18.6 Å². The molecule has 1 saturated heterocycles. The zero-order valence-corrected chi connectivity index (χ0v) is 16.7. The van der Waals surface area contributed by atoms with Gasteiger partial charge in [0.2, 0.25) is 0 Å². The zero-order valence-electron chi connectivity index (χ0n) is 15.9. The first-order valence-corrected chi connectivity index (χ1v) is 9.46. The summed E-state index contributed by atoms with van der Waals surface area (Å²) in [6.45, 7) is 3.02. The summed E-state index contributed by atoms with van der Waals surface area (Å²) < 4.78 is 25.4. The van der Waals surface area contributed by atoms with Crippen LogP contribution in [0.2, 0.25) is 0 Å². The lowest BCUT2D eigenvalue weighted by atomic mass is 10.0. The number of primary amides is 1. The number of halogens is 2. The molecule has 0 aromatic heterocycles. The predicted molar refractivity (Wildman–Crippen MR) is 108 cm³/mol. The number of benzene rings is 1. The number of nitrogens with zero attached hydrogens (tertiary/aromatic N) is 2. The van der Waals surface area contributed by atoms with E-state index in [0.29, 0.717) is 36.7 Å². The summed E-state index contributed by atoms with van der Waals surface area (Å²) in [5.41, 5.74) is 6.32. The van der Waals surface area contributed by atoms with Crippen LogP contribution >= 0.6 is 12.4 Å². The molecule has 0 saturated carbocycles. The fraction of sp³-hybridized carbons (Fsp3) is 0.450. The number of ether oxygens (including phenoxy) is 2. The fourth-order valence-electron chi connectivity index (χ4n) is 3.97. The number of aliphatic hydroxyl groups is 1. The van der Waals surface area contributed by atoms with Gasteiger partial charge in [0.25, 0.3) is 5.91 Å². The molecular weight excluding hydrogens is 401 g/mol. The molecule has 3 N–H and O–H groups in total. The van der Waals surface area contributed by atoms with Gasteiger partial charge in [0.05, 0.1) is 23.9 Å². The molecule has 7 nitrogen and oxygen atoms in total. The number of hydrogen-bond acceptors (Lipinski definition) is 6. The van der Waals surface area contributed by atoms with Crippen LogP contribution in [-0.4, -0.2) is 67.5 Å². The molecule has 1 aromatic rings. The van der Waals surface area contributed by atoms with Crippen molar-refractivity contribution in [1.29, 1.82) is 0 Å². The molecule has 2 aliphatic heterocycles. The number of hydrogen-bond donors (Lipinski definition) is 2. The van der Waals surface area contributed by atoms with E-state index in [-0.39, 0.29) is 37.0 Å². The SMILES string of the molecule is Cl.NC(=O)c1ccc(F)cc1N1CCN(C2CC=CC3=C2OCC(CO)O3)CC1. The van der Waals surface area contributed by atoms with Gasteiger partial charge in [-0.1, -0.05) is 6.08 Å². The normalized spacial score (nSPS) is 24.3. The minimum atomic E-state index is -0.559. The molecule has 1 aliphatic carbocycles. The second-order valence-electron chi connectivity index (χ2n) is 7.16. The zero-order chi connectivity index (χ0) is 19.7. The van der Waals surface area contributed by atoms with Crippen molar-refractivity contribution in [3.8, 4) is 0 Å². The van der Waals surface area contributed by atoms with Gasteiger partial charge in [-0.15, -0.1) is 12.4 Å². The largest absolute Gasteiger partial charge is 0.488 e. The third-order valence-electron chi connectivity index (χ3n) is 5.42. The van der Waals surface area contributed by atoms with Gasteiger partial charge in [-0.25, -0.2) is 4.39 Å². The van der Waals surface area contributed by atoms with Crippen LogP contribution < -0.4 is 10.6 Å². The summed E-state index contributed by atoms with van der Waals surface area (Å²) in [6.07, 6.45) is 4.43. The van der Waals surface area contributed by atoms with Gasteiger partial charge in [-0.05, 0) is 30.7 Å². The monoisotopic (exact) mass is 425 g/mol. The van der Waals surface area contributed by atoms with Gasteiger partial charge < -0.3 is 25.2 Å². The van der Waals surface area contributed by atoms with E-state index in [2.05, 4.69) is 11.0 Å². The predicted octanol–water partition coefficient (Wildman–Crippen LogP) is 1.42. The van der Waals surface area contributed by atoms with E-state index < -0.39 is 5.91 Å². The average Bonchev–Trinajstić information content (AvgIpc) is 2.72. The molecule has 158 valence electrons. The van der Waals surface area contributed by atoms with Crippen LogP contribution in [0.1, 0.15) is 16.8 Å². The van der Waals surface area contributed by atoms with Crippen LogP contribution in [0.5, 0.6) is 0 Å². The highest BCUT2D eigenvalue weighted by atomic mass is 35.5. The van der Waals surface area contributed by atoms with Crippen LogP contribution in [0.4, 0.5) is 10.1 Å². The lowest BCUT2D eigenvalue weighted by Crippen LogP contribution is -2.52. The standard InChI is InChI=1S/C20H24FN3O4.ClH/c21-13-4-5-15(20(22)26)17(10-13)24-8-6-23(7-9-24)16-2-1-3-18-19(16)27-12-14(11-25)28-18;/h1,3-5,10,14,16,25H,2,6-9,11-12H2,(H2,22,26);1H. The third-order valence-corrected chi connectivity index (χ3v) is 5.42. The van der Waals surface area contributed by atoms with E-state index in [4.69, 9.17) is 15.2 Å². The van der Waals surface area contributed by atoms with E-state index in [0.717, 1.165) is 25.3 Å². The van der Waals surface area contributed by atoms with Crippen molar-refractivity contribution >= 4 is 24.0 Å². The van der Waals surface area contributed by atoms with Gasteiger partial charge in [-0.2, -0.15) is 0 Å². The molecule has 0 radical (unpaired) electrons. The van der Waals surface area contributed by atoms with Crippen molar-refractivity contribution in [2.24, 2.45) is 5.73 Å². The summed E-state index contributed by atoms with van der Waals surface area (Å²) in [5.74, 6) is 0.547. The maximum atomic E-state index is 13.7. The highest BCUT2D eigenvalue weighted by Gasteiger charge is 2.34. The molecule has 2 heterocycles. The summed E-state index contributed by atoms with van der Waals surface area (Å²) in [7, 11) is 0. The van der Waals surface area contributed by atoms with Crippen LogP contribution in [0.25, 0.3) is 0 Å². The minimum absolute atomic E-state index is 0. The lowest BCUT2D eigenvalue weighted by molar-refractivity contribution is -0.0413. The van der Waals surface area contributed by atoms with E-state index in [1.54, 1.807) is 0 Å². The van der Waals surface area contributed by atoms with Crippen molar-refractivity contribution in [2.75, 3.05) is 44.3 Å². The number of aliphatic hydroxyl groups excluding tert-OH is 1. The topological polar surface area (TPSA) is 88.3 Å². The number of piperazine rings is 1. The lowest BCUT2D eigenvalue weighted by Gasteiger charge is -2.43. The van der Waals surface area contributed by atoms with Crippen molar-refractivity contribution < 1.29 is 23.8 Å². The molecular formula is C20H25ClFN3O4. The van der Waals surface area contributed by atoms with Crippen LogP contribution in [0, 0.1) is 5.82 Å². The molecule has 2 atom stereocenters. The van der Waals surface area contributed by atoms with Crippen LogP contribution in [0.15, 0.2) is 41.9 Å². The Balaban J connectivity index is 0.00000240. The molecule has 0 bridgehead atoms. The number of allylic oxidation sites excluding steroid dienone is 1. The Hall–Kier alpha value is -2.29. The Kier molecular flexibility index (Phi) is 6.66. The molecule has 3 aliphatic rings. The molecule has 1 aromatic carbocycles. The van der Waals surface area contributed by atoms with E-state index in [1.165, 1.54) is 18.2 Å². The first kappa shape index (κ1) is 21.4. The Morgan fingerprint density at radius 3 is 2.72 bits per heavy atom. The van der Waals surface area contributed by atoms with Gasteiger partial charge >= 0.3 is 0 Å². The molecule has 1 amide bonds. The Labute approximate surface area is 175 Å². The van der Waals surface area contributed by atoms with Crippen molar-refractivity contribution in [3.05, 3.63) is 53.3 Å². The van der Waals surface area contributed by atoms with Gasteiger partial charge in [0.15, 0.2) is 17.6 Å². The Bertz CT molecular complexity index is 824. The fourth-order valence-corrected chi connectivity index (χ4v) is 3.97. The Morgan fingerprint density at radius 1 is 1.28 bits per heavy atom. The number of carbonyl (C=O) groups excluding carboxylic acids is 1. The maximum Gasteiger partial charge on any atom is 0.250 e. The molecule has 1 fully saturated rings. The average molecular weight is 426 g/mol. The highest BCUT2D eigenvalue weighted by molar-refractivity contribution is 5.98. The number of rotatable bonds is 4. The summed E-state index contributed by atoms with van der Waals surface area (Å²) in [5, 5.41) is 9.29. The van der Waals surface area contributed by atoms with Crippen molar-refractivity contribution in [1.82, 2.24) is 4.90 Å². The minimum Gasteiger partial charge on any atom is -0.488 e. The third kappa shape index (κ3) is 4.34. The second kappa shape index (κ2) is 9.02. The molecule has 2 unspecified atom stereocenters. The number of amides is 1. The van der Waals surface area contributed by atoms with E-state index >= 15 is 0 Å². The Morgan fingerprint density at radius 2 is 2.03 bits per heavy atom. The van der Waals surface area contributed by atoms with Gasteiger partial charge in [0.1, 0.15) is 12.4 Å². The van der Waals surface area contributed by atoms with Gasteiger partial charge in [-0.3, -0.25) is 9.69 Å². The first-order chi connectivity index (χ1) is 13.6. The number of anilines is 1. The molecule has 29 heavy (non-hydrogen) atoms. The summed E-state index contributed by atoms with van der Waals surface area (Å²) in [4.78, 5) is 16.0. The molecule has 9 heteroatoms. The summed E-state index contributed by atoms with van der Waals surface area (Å²) in [6, 6.07) is 4.13. The highest BCUT2D eigenvalue weighted by Crippen LogP contribution is 2.31.